The highest BCUT2D eigenvalue weighted by Gasteiger charge is 2.13. The van der Waals surface area contributed by atoms with Crippen LogP contribution in [0.15, 0.2) is 29.3 Å². The van der Waals surface area contributed by atoms with Crippen molar-refractivity contribution in [3.63, 3.8) is 0 Å². The Kier molecular flexibility index (Phi) is 7.09. The molecule has 0 bridgehead atoms. The number of quaternary nitrogens is 1. The smallest absolute Gasteiger partial charge is 0.277 e. The second-order valence-corrected chi connectivity index (χ2v) is 7.56. The lowest BCUT2D eigenvalue weighted by Gasteiger charge is -2.19. The number of methoxy groups -OCH3 is 1. The Bertz CT molecular complexity index is 952. The maximum atomic E-state index is 12.9. The van der Waals surface area contributed by atoms with Crippen LogP contribution < -0.4 is 15.2 Å². The molecule has 0 spiro atoms. The maximum Gasteiger partial charge on any atom is 0.277 e. The molecular formula is C22H33N4O2+. The number of aryl methyl sites for hydroxylation is 1. The Morgan fingerprint density at radius 1 is 1.11 bits per heavy atom. The predicted molar refractivity (Wildman–Crippen MR) is 114 cm³/mol. The Morgan fingerprint density at radius 3 is 2.50 bits per heavy atom. The Morgan fingerprint density at radius 2 is 1.82 bits per heavy atom. The third-order valence-corrected chi connectivity index (χ3v) is 5.48. The zero-order valence-electron chi connectivity index (χ0n) is 17.4. The van der Waals surface area contributed by atoms with Crippen molar-refractivity contribution in [1.82, 2.24) is 14.5 Å². The summed E-state index contributed by atoms with van der Waals surface area (Å²) in [4.78, 5) is 22.4. The molecule has 6 nitrogen and oxygen atoms in total. The number of hydrogen-bond acceptors (Lipinski definition) is 3. The van der Waals surface area contributed by atoms with E-state index in [0.717, 1.165) is 29.6 Å². The predicted octanol–water partition coefficient (Wildman–Crippen LogP) is 2.76. The van der Waals surface area contributed by atoms with E-state index in [1.165, 1.54) is 38.8 Å². The first-order valence-electron chi connectivity index (χ1n) is 10.6. The molecule has 0 saturated heterocycles. The van der Waals surface area contributed by atoms with E-state index in [4.69, 9.17) is 4.74 Å². The third-order valence-electron chi connectivity index (χ3n) is 5.48. The fraction of sp³-hybridized carbons (Fsp3) is 0.545. The van der Waals surface area contributed by atoms with Crippen molar-refractivity contribution in [2.75, 3.05) is 26.7 Å². The van der Waals surface area contributed by atoms with Crippen LogP contribution in [0.2, 0.25) is 0 Å². The molecule has 0 unspecified atom stereocenters. The monoisotopic (exact) mass is 385 g/mol. The van der Waals surface area contributed by atoms with Gasteiger partial charge >= 0.3 is 0 Å². The average Bonchev–Trinajstić information content (AvgIpc) is 3.09. The van der Waals surface area contributed by atoms with Crippen molar-refractivity contribution in [3.8, 4) is 5.75 Å². The standard InChI is InChI=1S/C22H32N4O2/c1-4-6-11-25(12-7-5-2)13-8-14-26-16-23-20-18-15-17(28-3)9-10-19(18)24-21(20)22(26)27/h9-10,15-16,24H,4-8,11-14H2,1-3H3/p+1. The molecule has 0 radical (unpaired) electrons. The maximum absolute atomic E-state index is 12.9. The number of benzene rings is 1. The van der Waals surface area contributed by atoms with E-state index in [2.05, 4.69) is 23.8 Å². The number of aromatic nitrogens is 3. The van der Waals surface area contributed by atoms with Crippen LogP contribution in [-0.2, 0) is 6.54 Å². The van der Waals surface area contributed by atoms with Crippen LogP contribution in [0.5, 0.6) is 5.75 Å². The van der Waals surface area contributed by atoms with Gasteiger partial charge in [0, 0.05) is 23.9 Å². The van der Waals surface area contributed by atoms with E-state index in [1.807, 2.05) is 18.2 Å². The minimum Gasteiger partial charge on any atom is -0.497 e. The van der Waals surface area contributed by atoms with Crippen molar-refractivity contribution in [1.29, 1.82) is 0 Å². The van der Waals surface area contributed by atoms with Gasteiger partial charge in [0.1, 0.15) is 16.8 Å². The quantitative estimate of drug-likeness (QED) is 0.533. The molecule has 3 aromatic rings. The van der Waals surface area contributed by atoms with E-state index in [0.29, 0.717) is 17.6 Å². The van der Waals surface area contributed by atoms with Gasteiger partial charge in [-0.3, -0.25) is 9.36 Å². The van der Waals surface area contributed by atoms with E-state index in [-0.39, 0.29) is 5.56 Å². The molecule has 152 valence electrons. The summed E-state index contributed by atoms with van der Waals surface area (Å²) < 4.78 is 7.04. The van der Waals surface area contributed by atoms with Gasteiger partial charge in [-0.1, -0.05) is 26.7 Å². The molecule has 0 fully saturated rings. The second-order valence-electron chi connectivity index (χ2n) is 7.56. The molecule has 0 aliphatic rings. The van der Waals surface area contributed by atoms with Gasteiger partial charge in [-0.2, -0.15) is 0 Å². The fourth-order valence-corrected chi connectivity index (χ4v) is 3.78. The molecule has 3 rings (SSSR count). The molecular weight excluding hydrogens is 352 g/mol. The van der Waals surface area contributed by atoms with Gasteiger partial charge in [0.2, 0.25) is 0 Å². The first-order chi connectivity index (χ1) is 13.7. The zero-order chi connectivity index (χ0) is 19.9. The summed E-state index contributed by atoms with van der Waals surface area (Å²) in [7, 11) is 1.64. The molecule has 2 heterocycles. The Labute approximate surface area is 166 Å². The lowest BCUT2D eigenvalue weighted by atomic mass is 10.2. The molecule has 2 aromatic heterocycles. The lowest BCUT2D eigenvalue weighted by Crippen LogP contribution is -3.12. The summed E-state index contributed by atoms with van der Waals surface area (Å²) in [5.74, 6) is 0.765. The number of nitrogens with zero attached hydrogens (tertiary/aromatic N) is 2. The van der Waals surface area contributed by atoms with Crippen molar-refractivity contribution < 1.29 is 9.64 Å². The average molecular weight is 386 g/mol. The van der Waals surface area contributed by atoms with Crippen LogP contribution in [0.3, 0.4) is 0 Å². The SMILES string of the molecule is CCCC[NH+](CCCC)CCCn1cnc2c([nH]c3ccc(OC)cc32)c1=O. The number of fused-ring (bicyclic) bond motifs is 3. The summed E-state index contributed by atoms with van der Waals surface area (Å²) in [5.41, 5.74) is 2.21. The second kappa shape index (κ2) is 9.73. The van der Waals surface area contributed by atoms with Crippen molar-refractivity contribution >= 4 is 21.9 Å². The first-order valence-corrected chi connectivity index (χ1v) is 10.6. The van der Waals surface area contributed by atoms with E-state index in [9.17, 15) is 4.79 Å². The van der Waals surface area contributed by atoms with Gasteiger partial charge in [0.15, 0.2) is 0 Å². The number of unbranched alkanes of at least 4 members (excludes halogenated alkanes) is 2. The van der Waals surface area contributed by atoms with Gasteiger partial charge in [-0.15, -0.1) is 0 Å². The number of aromatic amines is 1. The molecule has 6 heteroatoms. The van der Waals surface area contributed by atoms with Crippen LogP contribution in [0, 0.1) is 0 Å². The van der Waals surface area contributed by atoms with E-state index in [1.54, 1.807) is 22.9 Å². The fourth-order valence-electron chi connectivity index (χ4n) is 3.78. The van der Waals surface area contributed by atoms with Gasteiger partial charge in [0.25, 0.3) is 5.56 Å². The highest BCUT2D eigenvalue weighted by Crippen LogP contribution is 2.25. The molecule has 0 amide bonds. The molecule has 28 heavy (non-hydrogen) atoms. The number of nitrogens with one attached hydrogen (secondary N) is 2. The van der Waals surface area contributed by atoms with Crippen molar-refractivity contribution in [2.45, 2.75) is 52.5 Å². The summed E-state index contributed by atoms with van der Waals surface area (Å²) in [6.45, 7) is 8.76. The van der Waals surface area contributed by atoms with Gasteiger partial charge in [-0.25, -0.2) is 4.98 Å². The van der Waals surface area contributed by atoms with Crippen LogP contribution in [-0.4, -0.2) is 41.3 Å². The van der Waals surface area contributed by atoms with Gasteiger partial charge in [-0.05, 0) is 31.0 Å². The molecule has 1 aromatic carbocycles. The number of rotatable bonds is 11. The van der Waals surface area contributed by atoms with Crippen LogP contribution in [0.4, 0.5) is 0 Å². The third kappa shape index (κ3) is 4.55. The molecule has 0 saturated carbocycles. The Balaban J connectivity index is 1.73. The Hall–Kier alpha value is -2.34. The van der Waals surface area contributed by atoms with E-state index >= 15 is 0 Å². The van der Waals surface area contributed by atoms with Gasteiger partial charge < -0.3 is 14.6 Å². The van der Waals surface area contributed by atoms with Crippen LogP contribution in [0.1, 0.15) is 46.0 Å². The van der Waals surface area contributed by atoms with Gasteiger partial charge in [0.05, 0.1) is 33.1 Å². The normalized spacial score (nSPS) is 11.7. The molecule has 0 atom stereocenters. The highest BCUT2D eigenvalue weighted by molar-refractivity contribution is 6.04. The highest BCUT2D eigenvalue weighted by atomic mass is 16.5. The summed E-state index contributed by atoms with van der Waals surface area (Å²) in [6, 6.07) is 5.75. The minimum absolute atomic E-state index is 0.00355. The zero-order valence-corrected chi connectivity index (χ0v) is 17.4. The van der Waals surface area contributed by atoms with Crippen molar-refractivity contribution in [2.24, 2.45) is 0 Å². The number of ether oxygens (including phenoxy) is 1. The molecule has 0 aliphatic heterocycles. The largest absolute Gasteiger partial charge is 0.497 e. The number of hydrogen-bond donors (Lipinski definition) is 2. The summed E-state index contributed by atoms with van der Waals surface area (Å²) >= 11 is 0. The van der Waals surface area contributed by atoms with Crippen molar-refractivity contribution in [3.05, 3.63) is 34.9 Å². The lowest BCUT2D eigenvalue weighted by molar-refractivity contribution is -0.900. The summed E-state index contributed by atoms with van der Waals surface area (Å²) in [6.07, 6.45) is 7.69. The molecule has 2 N–H and O–H groups in total. The minimum atomic E-state index is 0.00355. The first kappa shape index (κ1) is 20.4. The summed E-state index contributed by atoms with van der Waals surface area (Å²) in [5, 5.41) is 0.924. The molecule has 0 aliphatic carbocycles. The van der Waals surface area contributed by atoms with Crippen LogP contribution in [0.25, 0.3) is 21.9 Å². The van der Waals surface area contributed by atoms with Crippen LogP contribution >= 0.6 is 0 Å². The topological polar surface area (TPSA) is 64.3 Å². The number of H-pyrrole nitrogens is 1. The van der Waals surface area contributed by atoms with E-state index < -0.39 is 0 Å².